The number of rotatable bonds is 3. The zero-order chi connectivity index (χ0) is 26.6. The molecule has 1 aliphatic carbocycles. The molecule has 1 amide bonds. The summed E-state index contributed by atoms with van der Waals surface area (Å²) < 4.78 is 11.2. The molecule has 0 unspecified atom stereocenters. The summed E-state index contributed by atoms with van der Waals surface area (Å²) in [5, 5.41) is 1.37. The van der Waals surface area contributed by atoms with Crippen molar-refractivity contribution in [1.29, 1.82) is 0 Å². The van der Waals surface area contributed by atoms with Crippen molar-refractivity contribution in [3.05, 3.63) is 66.4 Å². The van der Waals surface area contributed by atoms with Crippen molar-refractivity contribution in [2.45, 2.75) is 58.7 Å². The maximum atomic E-state index is 13.3. The van der Waals surface area contributed by atoms with Gasteiger partial charge in [0.2, 0.25) is 5.56 Å². The average Bonchev–Trinajstić information content (AvgIpc) is 3.42. The molecule has 1 saturated carbocycles. The van der Waals surface area contributed by atoms with Gasteiger partial charge in [-0.3, -0.25) is 14.2 Å². The summed E-state index contributed by atoms with van der Waals surface area (Å²) in [6, 6.07) is 7.60. The number of carbonyl (C=O) groups excluding carboxylic acids is 1. The van der Waals surface area contributed by atoms with Gasteiger partial charge in [-0.1, -0.05) is 31.2 Å². The van der Waals surface area contributed by atoms with Gasteiger partial charge in [-0.15, -0.1) is 22.9 Å². The number of likely N-dealkylation sites (tertiary alicyclic amines) is 1. The van der Waals surface area contributed by atoms with E-state index in [1.807, 2.05) is 20.8 Å². The zero-order valence-corrected chi connectivity index (χ0v) is 23.9. The summed E-state index contributed by atoms with van der Waals surface area (Å²) in [4.78, 5) is 45.2. The molecule has 2 aromatic heterocycles. The summed E-state index contributed by atoms with van der Waals surface area (Å²) in [6.45, 7) is 8.34. The molecule has 2 fully saturated rings. The van der Waals surface area contributed by atoms with E-state index >= 15 is 0 Å². The second kappa shape index (κ2) is 11.5. The first-order valence-electron chi connectivity index (χ1n) is 11.3. The Morgan fingerprint density at radius 1 is 1.31 bits per heavy atom. The van der Waals surface area contributed by atoms with Gasteiger partial charge in [0.25, 0.3) is 5.91 Å². The second-order valence-corrected chi connectivity index (χ2v) is 10.3. The molecule has 1 saturated heterocycles. The third-order valence-electron chi connectivity index (χ3n) is 6.07. The Bertz CT molecular complexity index is 1450. The van der Waals surface area contributed by atoms with E-state index in [0.29, 0.717) is 49.1 Å². The van der Waals surface area contributed by atoms with Crippen LogP contribution in [-0.4, -0.2) is 43.6 Å². The van der Waals surface area contributed by atoms with E-state index in [9.17, 15) is 14.4 Å². The molecule has 1 aromatic carbocycles. The van der Waals surface area contributed by atoms with Gasteiger partial charge in [0.1, 0.15) is 0 Å². The van der Waals surface area contributed by atoms with Crippen molar-refractivity contribution in [1.82, 2.24) is 19.0 Å². The SMILES string of the molecule is CC#CC(=O)N1CC(n2c(=O)c3c[c-]ccc3n(Cc3sc(C)nc3C)c2=O)C1.CC1([NH-])CC1.[O]=[Os]. The Balaban J connectivity index is 0.000000452. The molecule has 0 atom stereocenters. The van der Waals surface area contributed by atoms with Crippen molar-refractivity contribution in [2.24, 2.45) is 0 Å². The predicted molar refractivity (Wildman–Crippen MR) is 134 cm³/mol. The molecule has 3 heterocycles. The van der Waals surface area contributed by atoms with E-state index in [4.69, 9.17) is 9.27 Å². The van der Waals surface area contributed by atoms with Gasteiger partial charge in [-0.25, -0.2) is 9.78 Å². The van der Waals surface area contributed by atoms with Crippen molar-refractivity contribution in [2.75, 3.05) is 13.1 Å². The Morgan fingerprint density at radius 3 is 2.47 bits per heavy atom. The fourth-order valence-electron chi connectivity index (χ4n) is 3.78. The van der Waals surface area contributed by atoms with Crippen molar-refractivity contribution >= 4 is 28.1 Å². The second-order valence-electron chi connectivity index (χ2n) is 9.03. The van der Waals surface area contributed by atoms with Crippen LogP contribution < -0.4 is 11.2 Å². The molecular weight excluding hydrogens is 657 g/mol. The number of aromatic nitrogens is 3. The third kappa shape index (κ3) is 6.12. The van der Waals surface area contributed by atoms with Crippen LogP contribution in [0.5, 0.6) is 0 Å². The van der Waals surface area contributed by atoms with Crippen LogP contribution in [0, 0.1) is 31.8 Å². The van der Waals surface area contributed by atoms with E-state index < -0.39 is 0 Å². The van der Waals surface area contributed by atoms with E-state index in [1.54, 1.807) is 41.0 Å². The predicted octanol–water partition coefficient (Wildman–Crippen LogP) is 2.96. The molecule has 5 rings (SSSR count). The van der Waals surface area contributed by atoms with E-state index in [-0.39, 0.29) is 28.7 Å². The fourth-order valence-corrected chi connectivity index (χ4v) is 4.70. The average molecular weight is 684 g/mol. The molecule has 9 nitrogen and oxygen atoms in total. The number of carbonyl (C=O) groups is 1. The Morgan fingerprint density at radius 2 is 1.94 bits per heavy atom. The number of thiazole rings is 1. The summed E-state index contributed by atoms with van der Waals surface area (Å²) >= 11 is 2.15. The molecule has 3 aromatic rings. The van der Waals surface area contributed by atoms with Crippen molar-refractivity contribution in [3.63, 3.8) is 0 Å². The summed E-state index contributed by atoms with van der Waals surface area (Å²) in [7, 11) is 0. The zero-order valence-electron chi connectivity index (χ0n) is 20.5. The fraction of sp³-hybridized carbons (Fsp3) is 0.440. The molecule has 2 aliphatic rings. The topological polar surface area (TPSA) is 118 Å². The number of benzene rings is 1. The van der Waals surface area contributed by atoms with Gasteiger partial charge in [-0.05, 0) is 32.1 Å². The summed E-state index contributed by atoms with van der Waals surface area (Å²) in [6.07, 6.45) is 2.24. The molecule has 0 spiro atoms. The van der Waals surface area contributed by atoms with Gasteiger partial charge >= 0.3 is 27.8 Å². The van der Waals surface area contributed by atoms with E-state index in [0.717, 1.165) is 28.4 Å². The molecule has 11 heteroatoms. The standard InChI is InChI=1S/C21H19N4O3S.C4H8N.O.Os/c1-4-7-19(26)23-10-15(11-23)25-20(27)16-8-5-6-9-17(16)24(21(25)28)12-18-13(2)22-14(3)29-18;1-4(5)2-3-4;;/h6,8-9,15H,10-12H2,1-3H3;5H,2-3H2,1H3;;/q2*-1;;. The molecule has 0 radical (unpaired) electrons. The van der Waals surface area contributed by atoms with Crippen molar-refractivity contribution in [3.8, 4) is 11.8 Å². The Kier molecular flexibility index (Phi) is 8.89. The first-order valence-corrected chi connectivity index (χ1v) is 13.2. The first kappa shape index (κ1) is 27.8. The van der Waals surface area contributed by atoms with Crippen LogP contribution in [0.1, 0.15) is 48.3 Å². The van der Waals surface area contributed by atoms with Crippen LogP contribution in [-0.2, 0) is 33.4 Å². The van der Waals surface area contributed by atoms with Crippen LogP contribution in [0.25, 0.3) is 16.6 Å². The van der Waals surface area contributed by atoms with Crippen LogP contribution >= 0.6 is 11.3 Å². The van der Waals surface area contributed by atoms with E-state index in [2.05, 4.69) is 22.9 Å². The van der Waals surface area contributed by atoms with E-state index in [1.165, 1.54) is 9.47 Å². The van der Waals surface area contributed by atoms with Crippen molar-refractivity contribution < 1.29 is 26.9 Å². The molecule has 1 aliphatic heterocycles. The molecular formula is C25H27N5O4OsS-2. The third-order valence-corrected chi connectivity index (χ3v) is 7.12. The van der Waals surface area contributed by atoms with Gasteiger partial charge < -0.3 is 15.2 Å². The number of aryl methyl sites for hydroxylation is 2. The normalized spacial score (nSPS) is 15.4. The minimum atomic E-state index is -0.377. The number of hydrogen-bond acceptors (Lipinski definition) is 6. The number of hydrogen-bond donors (Lipinski definition) is 0. The van der Waals surface area contributed by atoms with Crippen LogP contribution in [0.2, 0.25) is 0 Å². The Labute approximate surface area is 223 Å². The number of fused-ring (bicyclic) bond motifs is 1. The number of nitrogens with zero attached hydrogens (tertiary/aromatic N) is 4. The molecule has 1 N–H and O–H groups in total. The van der Waals surface area contributed by atoms with Gasteiger partial charge in [0.15, 0.2) is 0 Å². The molecule has 36 heavy (non-hydrogen) atoms. The van der Waals surface area contributed by atoms with Crippen LogP contribution in [0.15, 0.2) is 27.8 Å². The van der Waals surface area contributed by atoms with Crippen LogP contribution in [0.4, 0.5) is 0 Å². The molecule has 192 valence electrons. The van der Waals surface area contributed by atoms with Gasteiger partial charge in [0.05, 0.1) is 23.3 Å². The van der Waals surface area contributed by atoms with Crippen LogP contribution in [0.3, 0.4) is 0 Å². The molecule has 0 bridgehead atoms. The summed E-state index contributed by atoms with van der Waals surface area (Å²) in [5.41, 5.74) is 7.77. The number of amides is 1. The quantitative estimate of drug-likeness (QED) is 0.311. The maximum absolute atomic E-state index is 13.3. The summed E-state index contributed by atoms with van der Waals surface area (Å²) in [5.74, 6) is 4.77. The number of nitrogens with one attached hydrogen (secondary N) is 1. The minimum absolute atomic E-state index is 0. The monoisotopic (exact) mass is 685 g/mol. The van der Waals surface area contributed by atoms with Gasteiger partial charge in [-0.2, -0.15) is 18.2 Å². The first-order chi connectivity index (χ1) is 17.1. The van der Waals surface area contributed by atoms with Gasteiger partial charge in [0, 0.05) is 18.0 Å². The Hall–Kier alpha value is -2.78.